The van der Waals surface area contributed by atoms with Crippen LogP contribution in [0.2, 0.25) is 0 Å². The molecule has 0 unspecified atom stereocenters. The van der Waals surface area contributed by atoms with Gasteiger partial charge in [0.25, 0.3) is 0 Å². The van der Waals surface area contributed by atoms with Gasteiger partial charge in [0, 0.05) is 50.8 Å². The first kappa shape index (κ1) is 15.6. The fourth-order valence-electron chi connectivity index (χ4n) is 0. The zero-order valence-electron chi connectivity index (χ0n) is 5.12. The Morgan fingerprint density at radius 3 is 0.714 bits per heavy atom. The first-order valence-electron chi connectivity index (χ1n) is 1.63. The molecule has 0 aliphatic carbocycles. The fraction of sp³-hybridized carbons (Fsp3) is 1.00. The average molecular weight is 289 g/mol. The van der Waals surface area contributed by atoms with Gasteiger partial charge < -0.3 is 9.47 Å². The number of ether oxygens (including phenoxy) is 2. The normalized spacial score (nSPS) is 5.14. The SMILES string of the molecule is COC.COC.[Au]. The molecule has 0 bridgehead atoms. The molecule has 0 aromatic heterocycles. The van der Waals surface area contributed by atoms with Crippen molar-refractivity contribution in [2.75, 3.05) is 28.4 Å². The predicted octanol–water partition coefficient (Wildman–Crippen LogP) is 0.523. The van der Waals surface area contributed by atoms with Crippen LogP contribution in [-0.2, 0) is 31.9 Å². The molecule has 0 aliphatic heterocycles. The maximum atomic E-state index is 4.25. The molecule has 2 nitrogen and oxygen atoms in total. The van der Waals surface area contributed by atoms with Crippen LogP contribution in [0, 0.1) is 0 Å². The van der Waals surface area contributed by atoms with Gasteiger partial charge in [0.05, 0.1) is 0 Å². The van der Waals surface area contributed by atoms with Crippen molar-refractivity contribution in [2.24, 2.45) is 0 Å². The van der Waals surface area contributed by atoms with E-state index in [1.54, 1.807) is 28.4 Å². The minimum Gasteiger partial charge on any atom is -0.388 e. The Morgan fingerprint density at radius 2 is 0.714 bits per heavy atom. The van der Waals surface area contributed by atoms with E-state index in [0.717, 1.165) is 0 Å². The van der Waals surface area contributed by atoms with Gasteiger partial charge in [-0.2, -0.15) is 0 Å². The Labute approximate surface area is 60.7 Å². The number of rotatable bonds is 0. The molecule has 0 saturated carbocycles. The summed E-state index contributed by atoms with van der Waals surface area (Å²) in [6, 6.07) is 0. The molecule has 7 heavy (non-hydrogen) atoms. The second-order valence-electron chi connectivity index (χ2n) is 0.816. The van der Waals surface area contributed by atoms with E-state index in [4.69, 9.17) is 0 Å². The van der Waals surface area contributed by atoms with E-state index in [1.807, 2.05) is 0 Å². The average Bonchev–Trinajstić information content (AvgIpc) is 1.39. The van der Waals surface area contributed by atoms with E-state index >= 15 is 0 Å². The minimum absolute atomic E-state index is 0. The zero-order chi connectivity index (χ0) is 5.41. The van der Waals surface area contributed by atoms with Gasteiger partial charge in [-0.05, 0) is 0 Å². The second-order valence-corrected chi connectivity index (χ2v) is 0.816. The van der Waals surface area contributed by atoms with Gasteiger partial charge in [0.2, 0.25) is 0 Å². The molecule has 0 fully saturated rings. The topological polar surface area (TPSA) is 18.5 Å². The van der Waals surface area contributed by atoms with Gasteiger partial charge in [-0.3, -0.25) is 0 Å². The van der Waals surface area contributed by atoms with Gasteiger partial charge in [-0.1, -0.05) is 0 Å². The number of hydrogen-bond donors (Lipinski definition) is 0. The summed E-state index contributed by atoms with van der Waals surface area (Å²) in [5, 5.41) is 0. The van der Waals surface area contributed by atoms with Gasteiger partial charge >= 0.3 is 0 Å². The van der Waals surface area contributed by atoms with Crippen molar-refractivity contribution in [2.45, 2.75) is 0 Å². The maximum absolute atomic E-state index is 4.25. The molecule has 0 aliphatic rings. The van der Waals surface area contributed by atoms with Crippen molar-refractivity contribution in [3.05, 3.63) is 0 Å². The van der Waals surface area contributed by atoms with Crippen LogP contribution in [0.3, 0.4) is 0 Å². The molecular formula is C4H12AuO2. The van der Waals surface area contributed by atoms with Crippen LogP contribution in [-0.4, -0.2) is 28.4 Å². The van der Waals surface area contributed by atoms with E-state index in [1.165, 1.54) is 0 Å². The Bertz CT molecular complexity index is 11.7. The summed E-state index contributed by atoms with van der Waals surface area (Å²) in [6.07, 6.45) is 0. The van der Waals surface area contributed by atoms with Gasteiger partial charge in [0.15, 0.2) is 0 Å². The maximum Gasteiger partial charge on any atom is 0.0351 e. The van der Waals surface area contributed by atoms with Crippen molar-refractivity contribution < 1.29 is 31.9 Å². The smallest absolute Gasteiger partial charge is 0.0351 e. The monoisotopic (exact) mass is 289 g/mol. The van der Waals surface area contributed by atoms with Crippen LogP contribution in [0.4, 0.5) is 0 Å². The summed E-state index contributed by atoms with van der Waals surface area (Å²) in [7, 11) is 6.50. The van der Waals surface area contributed by atoms with Crippen LogP contribution >= 0.6 is 0 Å². The summed E-state index contributed by atoms with van der Waals surface area (Å²) in [6.45, 7) is 0. The van der Waals surface area contributed by atoms with Crippen LogP contribution in [0.25, 0.3) is 0 Å². The summed E-state index contributed by atoms with van der Waals surface area (Å²) >= 11 is 0. The third-order valence-electron chi connectivity index (χ3n) is 0. The van der Waals surface area contributed by atoms with Crippen molar-refractivity contribution in [3.63, 3.8) is 0 Å². The van der Waals surface area contributed by atoms with E-state index in [2.05, 4.69) is 9.47 Å². The molecule has 51 valence electrons. The Morgan fingerprint density at radius 1 is 0.714 bits per heavy atom. The molecule has 0 spiro atoms. The van der Waals surface area contributed by atoms with Crippen molar-refractivity contribution >= 4 is 0 Å². The molecule has 1 radical (unpaired) electrons. The van der Waals surface area contributed by atoms with Crippen LogP contribution in [0.15, 0.2) is 0 Å². The molecule has 0 N–H and O–H groups in total. The van der Waals surface area contributed by atoms with E-state index in [-0.39, 0.29) is 22.4 Å². The number of hydrogen-bond acceptors (Lipinski definition) is 2. The summed E-state index contributed by atoms with van der Waals surface area (Å²) in [5.41, 5.74) is 0. The molecule has 0 aromatic carbocycles. The molecule has 0 aromatic rings. The van der Waals surface area contributed by atoms with E-state index in [9.17, 15) is 0 Å². The predicted molar refractivity (Wildman–Crippen MR) is 25.9 cm³/mol. The van der Waals surface area contributed by atoms with Gasteiger partial charge in [0.1, 0.15) is 0 Å². The molecule has 0 rings (SSSR count). The van der Waals surface area contributed by atoms with Crippen LogP contribution in [0.1, 0.15) is 0 Å². The first-order valence-corrected chi connectivity index (χ1v) is 1.63. The van der Waals surface area contributed by atoms with E-state index < -0.39 is 0 Å². The second kappa shape index (κ2) is 30.2. The molecule has 3 heteroatoms. The fourth-order valence-corrected chi connectivity index (χ4v) is 0. The van der Waals surface area contributed by atoms with E-state index in [0.29, 0.717) is 0 Å². The van der Waals surface area contributed by atoms with Crippen molar-refractivity contribution in [1.29, 1.82) is 0 Å². The Balaban J connectivity index is -0.0000000400. The summed E-state index contributed by atoms with van der Waals surface area (Å²) in [5.74, 6) is 0. The van der Waals surface area contributed by atoms with Gasteiger partial charge in [-0.25, -0.2) is 0 Å². The molecule has 0 heterocycles. The molecular weight excluding hydrogens is 277 g/mol. The van der Waals surface area contributed by atoms with Crippen molar-refractivity contribution in [1.82, 2.24) is 0 Å². The Hall–Kier alpha value is 0.660. The largest absolute Gasteiger partial charge is 0.388 e. The third-order valence-corrected chi connectivity index (χ3v) is 0. The molecule has 0 amide bonds. The van der Waals surface area contributed by atoms with Crippen LogP contribution < -0.4 is 0 Å². The Kier molecular flexibility index (Phi) is 67.4. The minimum atomic E-state index is 0. The van der Waals surface area contributed by atoms with Gasteiger partial charge in [-0.15, -0.1) is 0 Å². The zero-order valence-corrected chi connectivity index (χ0v) is 7.28. The van der Waals surface area contributed by atoms with Crippen LogP contribution in [0.5, 0.6) is 0 Å². The quantitative estimate of drug-likeness (QED) is 0.605. The molecule has 0 saturated heterocycles. The number of methoxy groups -OCH3 is 2. The summed E-state index contributed by atoms with van der Waals surface area (Å²) < 4.78 is 8.50. The third kappa shape index (κ3) is 332. The standard InChI is InChI=1S/2C2H6O.Au/c2*1-3-2;/h2*1-2H3;. The first-order chi connectivity index (χ1) is 2.83. The van der Waals surface area contributed by atoms with Crippen molar-refractivity contribution in [3.8, 4) is 0 Å². The summed E-state index contributed by atoms with van der Waals surface area (Å²) in [4.78, 5) is 0. The molecule has 0 atom stereocenters.